The molecule has 2 heterocycles. The molecule has 1 aromatic rings. The number of hydrogen-bond acceptors (Lipinski definition) is 5. The SMILES string of the molecule is CN1CCC(C)(C(=O)NC[C@]2(c3ccccc3)CC[C@H](O)[C@@H](N3CCOCC3)CC2)CC1. The first-order valence-corrected chi connectivity index (χ1v) is 12.4. The van der Waals surface area contributed by atoms with E-state index in [4.69, 9.17) is 4.74 Å². The van der Waals surface area contributed by atoms with Crippen LogP contribution >= 0.6 is 0 Å². The maximum Gasteiger partial charge on any atom is 0.226 e. The zero-order chi connectivity index (χ0) is 22.6. The zero-order valence-corrected chi connectivity index (χ0v) is 19.9. The van der Waals surface area contributed by atoms with Crippen molar-refractivity contribution in [3.8, 4) is 0 Å². The molecule has 2 N–H and O–H groups in total. The summed E-state index contributed by atoms with van der Waals surface area (Å²) in [6.07, 6.45) is 5.04. The molecule has 0 spiro atoms. The lowest BCUT2D eigenvalue weighted by molar-refractivity contribution is -0.132. The zero-order valence-electron chi connectivity index (χ0n) is 19.9. The summed E-state index contributed by atoms with van der Waals surface area (Å²) in [6, 6.07) is 10.8. The predicted octanol–water partition coefficient (Wildman–Crippen LogP) is 2.41. The highest BCUT2D eigenvalue weighted by atomic mass is 16.5. The number of morpholine rings is 1. The van der Waals surface area contributed by atoms with Crippen LogP contribution in [0, 0.1) is 5.41 Å². The number of nitrogens with zero attached hydrogens (tertiary/aromatic N) is 2. The molecule has 3 atom stereocenters. The van der Waals surface area contributed by atoms with Crippen molar-refractivity contribution >= 4 is 5.91 Å². The smallest absolute Gasteiger partial charge is 0.226 e. The van der Waals surface area contributed by atoms with Crippen LogP contribution in [0.2, 0.25) is 0 Å². The fraction of sp³-hybridized carbons (Fsp3) is 0.731. The summed E-state index contributed by atoms with van der Waals surface area (Å²) in [5.41, 5.74) is 0.856. The van der Waals surface area contributed by atoms with Gasteiger partial charge in [-0.15, -0.1) is 0 Å². The predicted molar refractivity (Wildman–Crippen MR) is 127 cm³/mol. The van der Waals surface area contributed by atoms with E-state index in [1.54, 1.807) is 0 Å². The summed E-state index contributed by atoms with van der Waals surface area (Å²) >= 11 is 0. The second-order valence-electron chi connectivity index (χ2n) is 10.6. The van der Waals surface area contributed by atoms with Gasteiger partial charge in [0.15, 0.2) is 0 Å². The van der Waals surface area contributed by atoms with Gasteiger partial charge in [0.1, 0.15) is 0 Å². The minimum absolute atomic E-state index is 0.138. The van der Waals surface area contributed by atoms with Crippen LogP contribution in [0.25, 0.3) is 0 Å². The van der Waals surface area contributed by atoms with E-state index in [1.807, 2.05) is 0 Å². The molecule has 0 unspecified atom stereocenters. The topological polar surface area (TPSA) is 65.0 Å². The van der Waals surface area contributed by atoms with E-state index < -0.39 is 0 Å². The van der Waals surface area contributed by atoms with E-state index in [0.29, 0.717) is 6.54 Å². The molecule has 6 heteroatoms. The molecule has 6 nitrogen and oxygen atoms in total. The van der Waals surface area contributed by atoms with Crippen LogP contribution in [-0.2, 0) is 14.9 Å². The highest BCUT2D eigenvalue weighted by Crippen LogP contribution is 2.40. The number of nitrogens with one attached hydrogen (secondary N) is 1. The average Bonchev–Trinajstić information content (AvgIpc) is 3.00. The number of amides is 1. The molecule has 3 aliphatic rings. The van der Waals surface area contributed by atoms with Gasteiger partial charge in [0.05, 0.1) is 19.3 Å². The minimum Gasteiger partial charge on any atom is -0.391 e. The van der Waals surface area contributed by atoms with Crippen LogP contribution in [0.1, 0.15) is 51.0 Å². The van der Waals surface area contributed by atoms with Crippen LogP contribution in [0.5, 0.6) is 0 Å². The molecule has 0 bridgehead atoms. The third-order valence-corrected chi connectivity index (χ3v) is 8.41. The van der Waals surface area contributed by atoms with E-state index >= 15 is 0 Å². The third-order valence-electron chi connectivity index (χ3n) is 8.41. The Balaban J connectivity index is 1.50. The average molecular weight is 444 g/mol. The van der Waals surface area contributed by atoms with Crippen molar-refractivity contribution < 1.29 is 14.6 Å². The Hall–Kier alpha value is -1.47. The summed E-state index contributed by atoms with van der Waals surface area (Å²) in [5, 5.41) is 14.4. The van der Waals surface area contributed by atoms with Crippen LogP contribution in [-0.4, -0.2) is 85.9 Å². The molecule has 3 fully saturated rings. The Morgan fingerprint density at radius 1 is 1.06 bits per heavy atom. The summed E-state index contributed by atoms with van der Waals surface area (Å²) in [5.74, 6) is 0.190. The Kier molecular flexibility index (Phi) is 7.55. The standard InChI is InChI=1S/C26H41N3O3/c1-25(12-14-28(2)15-13-25)24(31)27-20-26(21-6-4-3-5-7-21)10-8-22(23(30)9-11-26)29-16-18-32-19-17-29/h3-7,22-23,30H,8-20H2,1-2H3,(H,27,31)/t22-,23-,26+/m0/s1. The highest BCUT2D eigenvalue weighted by molar-refractivity contribution is 5.82. The normalized spacial score (nSPS) is 32.2. The number of ether oxygens (including phenoxy) is 1. The molecule has 1 aliphatic carbocycles. The molecule has 0 aromatic heterocycles. The van der Waals surface area contributed by atoms with Gasteiger partial charge < -0.3 is 20.1 Å². The molecule has 178 valence electrons. The monoisotopic (exact) mass is 443 g/mol. The van der Waals surface area contributed by atoms with Crippen molar-refractivity contribution in [2.75, 3.05) is 53.0 Å². The number of aliphatic hydroxyl groups excluding tert-OH is 1. The quantitative estimate of drug-likeness (QED) is 0.685. The van der Waals surface area contributed by atoms with Crippen LogP contribution in [0.15, 0.2) is 30.3 Å². The van der Waals surface area contributed by atoms with Crippen LogP contribution in [0.3, 0.4) is 0 Å². The van der Waals surface area contributed by atoms with Crippen molar-refractivity contribution in [2.24, 2.45) is 5.41 Å². The lowest BCUT2D eigenvalue weighted by Crippen LogP contribution is -2.50. The summed E-state index contributed by atoms with van der Waals surface area (Å²) in [4.78, 5) is 18.0. The molecule has 32 heavy (non-hydrogen) atoms. The van der Waals surface area contributed by atoms with Crippen molar-refractivity contribution in [2.45, 2.75) is 63.0 Å². The van der Waals surface area contributed by atoms with Crippen LogP contribution < -0.4 is 5.32 Å². The van der Waals surface area contributed by atoms with Gasteiger partial charge in [-0.25, -0.2) is 0 Å². The molecule has 2 aliphatic heterocycles. The van der Waals surface area contributed by atoms with Crippen molar-refractivity contribution in [3.05, 3.63) is 35.9 Å². The minimum atomic E-state index is -0.333. The summed E-state index contributed by atoms with van der Waals surface area (Å²) in [7, 11) is 2.13. The molecule has 2 saturated heterocycles. The number of carbonyl (C=O) groups is 1. The molecule has 4 rings (SSSR count). The van der Waals surface area contributed by atoms with Crippen LogP contribution in [0.4, 0.5) is 0 Å². The second kappa shape index (κ2) is 10.2. The van der Waals surface area contributed by atoms with E-state index in [9.17, 15) is 9.90 Å². The number of benzene rings is 1. The Bertz CT molecular complexity index is 744. The fourth-order valence-corrected chi connectivity index (χ4v) is 5.85. The first kappa shape index (κ1) is 23.7. The van der Waals surface area contributed by atoms with Gasteiger partial charge in [-0.2, -0.15) is 0 Å². The molecular formula is C26H41N3O3. The maximum absolute atomic E-state index is 13.3. The summed E-state index contributed by atoms with van der Waals surface area (Å²) < 4.78 is 5.53. The Morgan fingerprint density at radius 2 is 1.72 bits per heavy atom. The lowest BCUT2D eigenvalue weighted by Gasteiger charge is -2.39. The number of piperidine rings is 1. The molecule has 1 saturated carbocycles. The Morgan fingerprint density at radius 3 is 2.41 bits per heavy atom. The van der Waals surface area contributed by atoms with Gasteiger partial charge in [-0.1, -0.05) is 37.3 Å². The fourth-order valence-electron chi connectivity index (χ4n) is 5.85. The van der Waals surface area contributed by atoms with E-state index in [0.717, 1.165) is 77.9 Å². The van der Waals surface area contributed by atoms with Gasteiger partial charge in [-0.3, -0.25) is 9.69 Å². The number of rotatable bonds is 5. The molecule has 1 aromatic carbocycles. The largest absolute Gasteiger partial charge is 0.391 e. The van der Waals surface area contributed by atoms with Gasteiger partial charge in [0.2, 0.25) is 5.91 Å². The van der Waals surface area contributed by atoms with Gasteiger partial charge >= 0.3 is 0 Å². The number of aliphatic hydroxyl groups is 1. The van der Waals surface area contributed by atoms with E-state index in [2.05, 4.69) is 59.4 Å². The first-order valence-electron chi connectivity index (χ1n) is 12.4. The van der Waals surface area contributed by atoms with Gasteiger partial charge in [0, 0.05) is 36.5 Å². The maximum atomic E-state index is 13.3. The lowest BCUT2D eigenvalue weighted by atomic mass is 9.73. The van der Waals surface area contributed by atoms with E-state index in [1.165, 1.54) is 5.56 Å². The number of likely N-dealkylation sites (tertiary alicyclic amines) is 1. The van der Waals surface area contributed by atoms with Crippen molar-refractivity contribution in [3.63, 3.8) is 0 Å². The first-order chi connectivity index (χ1) is 15.4. The van der Waals surface area contributed by atoms with Gasteiger partial charge in [0.25, 0.3) is 0 Å². The molecular weight excluding hydrogens is 402 g/mol. The Labute approximate surface area is 193 Å². The third kappa shape index (κ3) is 5.19. The van der Waals surface area contributed by atoms with E-state index in [-0.39, 0.29) is 28.9 Å². The molecule has 1 amide bonds. The highest BCUT2D eigenvalue weighted by Gasteiger charge is 2.42. The second-order valence-corrected chi connectivity index (χ2v) is 10.6. The van der Waals surface area contributed by atoms with Gasteiger partial charge in [-0.05, 0) is 64.2 Å². The molecule has 0 radical (unpaired) electrons. The van der Waals surface area contributed by atoms with Crippen molar-refractivity contribution in [1.82, 2.24) is 15.1 Å². The summed E-state index contributed by atoms with van der Waals surface area (Å²) in [6.45, 7) is 7.99. The van der Waals surface area contributed by atoms with Crippen molar-refractivity contribution in [1.29, 1.82) is 0 Å². The number of carbonyl (C=O) groups excluding carboxylic acids is 1. The number of hydrogen-bond donors (Lipinski definition) is 2.